The average Bonchev–Trinajstić information content (AvgIpc) is 3.33. The van der Waals surface area contributed by atoms with Crippen molar-refractivity contribution < 1.29 is 23.5 Å². The predicted molar refractivity (Wildman–Crippen MR) is 102 cm³/mol. The van der Waals surface area contributed by atoms with Crippen molar-refractivity contribution in [1.82, 2.24) is 5.32 Å². The Kier molecular flexibility index (Phi) is 5.56. The van der Waals surface area contributed by atoms with Crippen LogP contribution in [0.3, 0.4) is 0 Å². The van der Waals surface area contributed by atoms with Gasteiger partial charge < -0.3 is 19.6 Å². The highest BCUT2D eigenvalue weighted by Gasteiger charge is 2.40. The maximum atomic E-state index is 14.5. The number of nitrogens with one attached hydrogen (secondary N) is 1. The number of hydrogen-bond acceptors (Lipinski definition) is 4. The van der Waals surface area contributed by atoms with Gasteiger partial charge in [-0.15, -0.1) is 0 Å². The van der Waals surface area contributed by atoms with E-state index >= 15 is 0 Å². The molecule has 1 aromatic rings. The van der Waals surface area contributed by atoms with Crippen molar-refractivity contribution in [3.05, 3.63) is 23.5 Å². The zero-order valence-corrected chi connectivity index (χ0v) is 16.3. The molecule has 3 fully saturated rings. The highest BCUT2D eigenvalue weighted by molar-refractivity contribution is 5.97. The summed E-state index contributed by atoms with van der Waals surface area (Å²) in [6, 6.07) is 2.88. The van der Waals surface area contributed by atoms with Gasteiger partial charge in [-0.3, -0.25) is 4.79 Å². The number of aldehydes is 1. The van der Waals surface area contributed by atoms with Crippen molar-refractivity contribution in [1.29, 1.82) is 0 Å². The molecule has 0 aromatic heterocycles. The first-order valence-corrected chi connectivity index (χ1v) is 10.4. The molecular formula is C22H28FNO4. The summed E-state index contributed by atoms with van der Waals surface area (Å²) in [6.07, 6.45) is 8.45. The lowest BCUT2D eigenvalue weighted by molar-refractivity contribution is -0.112. The van der Waals surface area contributed by atoms with E-state index in [1.165, 1.54) is 38.5 Å². The molecule has 0 spiro atoms. The maximum Gasteiger partial charge on any atom is 0.255 e. The molecule has 28 heavy (non-hydrogen) atoms. The summed E-state index contributed by atoms with van der Waals surface area (Å²) in [6.45, 7) is 0. The van der Waals surface area contributed by atoms with E-state index in [-0.39, 0.29) is 35.5 Å². The molecule has 0 unspecified atom stereocenters. The summed E-state index contributed by atoms with van der Waals surface area (Å²) in [5.41, 5.74) is 0.309. The van der Waals surface area contributed by atoms with Gasteiger partial charge in [-0.05, 0) is 62.8 Å². The van der Waals surface area contributed by atoms with Crippen LogP contribution >= 0.6 is 0 Å². The van der Waals surface area contributed by atoms with Crippen LogP contribution < -0.4 is 14.8 Å². The van der Waals surface area contributed by atoms with Gasteiger partial charge >= 0.3 is 0 Å². The number of carbonyl (C=O) groups is 2. The average molecular weight is 389 g/mol. The van der Waals surface area contributed by atoms with E-state index in [0.717, 1.165) is 31.5 Å². The molecule has 3 aliphatic rings. The lowest BCUT2D eigenvalue weighted by Crippen LogP contribution is -2.38. The fourth-order valence-corrected chi connectivity index (χ4v) is 5.16. The second-order valence-electron chi connectivity index (χ2n) is 8.53. The van der Waals surface area contributed by atoms with Crippen molar-refractivity contribution >= 4 is 12.2 Å². The van der Waals surface area contributed by atoms with Gasteiger partial charge in [-0.1, -0.05) is 6.42 Å². The minimum absolute atomic E-state index is 0.0728. The molecule has 3 atom stereocenters. The molecular weight excluding hydrogens is 361 g/mol. The third-order valence-corrected chi connectivity index (χ3v) is 6.76. The number of fused-ring (bicyclic) bond motifs is 2. The van der Waals surface area contributed by atoms with Crippen LogP contribution in [0, 0.1) is 23.6 Å². The molecule has 3 saturated carbocycles. The van der Waals surface area contributed by atoms with Crippen LogP contribution in [0.1, 0.15) is 61.7 Å². The fourth-order valence-electron chi connectivity index (χ4n) is 5.16. The largest absolute Gasteiger partial charge is 0.496 e. The summed E-state index contributed by atoms with van der Waals surface area (Å²) < 4.78 is 25.6. The smallest absolute Gasteiger partial charge is 0.255 e. The SMILES string of the molecule is COc1cc(F)c(O[C@H]2CC[C@@H](C=O)CC2)cc1C(=O)N[C@H]1C[C@@H]2CC[C@H]1C2. The zero-order chi connectivity index (χ0) is 19.7. The van der Waals surface area contributed by atoms with Gasteiger partial charge in [0.15, 0.2) is 11.6 Å². The maximum absolute atomic E-state index is 14.5. The second kappa shape index (κ2) is 8.10. The third-order valence-electron chi connectivity index (χ3n) is 6.76. The Balaban J connectivity index is 1.47. The summed E-state index contributed by atoms with van der Waals surface area (Å²) in [4.78, 5) is 23.8. The minimum Gasteiger partial charge on any atom is -0.496 e. The number of hydrogen-bond donors (Lipinski definition) is 1. The third kappa shape index (κ3) is 3.87. The Bertz CT molecular complexity index is 744. The van der Waals surface area contributed by atoms with Crippen molar-refractivity contribution in [2.24, 2.45) is 17.8 Å². The van der Waals surface area contributed by atoms with Crippen LogP contribution in [0.15, 0.2) is 12.1 Å². The number of carbonyl (C=O) groups excluding carboxylic acids is 2. The molecule has 152 valence electrons. The summed E-state index contributed by atoms with van der Waals surface area (Å²) in [7, 11) is 1.43. The minimum atomic E-state index is -0.536. The number of halogens is 1. The first-order valence-electron chi connectivity index (χ1n) is 10.4. The van der Waals surface area contributed by atoms with Gasteiger partial charge in [0.25, 0.3) is 5.91 Å². The quantitative estimate of drug-likeness (QED) is 0.750. The Morgan fingerprint density at radius 3 is 2.50 bits per heavy atom. The van der Waals surface area contributed by atoms with E-state index in [9.17, 15) is 14.0 Å². The van der Waals surface area contributed by atoms with Crippen molar-refractivity contribution in [2.45, 2.75) is 63.5 Å². The molecule has 0 saturated heterocycles. The van der Waals surface area contributed by atoms with Gasteiger partial charge in [0.1, 0.15) is 12.0 Å². The summed E-state index contributed by atoms with van der Waals surface area (Å²) in [5.74, 6) is 0.886. The molecule has 0 heterocycles. The molecule has 6 heteroatoms. The summed E-state index contributed by atoms with van der Waals surface area (Å²) >= 11 is 0. The Morgan fingerprint density at radius 1 is 1.11 bits per heavy atom. The van der Waals surface area contributed by atoms with E-state index in [0.29, 0.717) is 24.3 Å². The molecule has 4 rings (SSSR count). The lowest BCUT2D eigenvalue weighted by Gasteiger charge is -2.27. The van der Waals surface area contributed by atoms with Crippen molar-refractivity contribution in [3.63, 3.8) is 0 Å². The van der Waals surface area contributed by atoms with Crippen LogP contribution in [0.2, 0.25) is 0 Å². The molecule has 3 aliphatic carbocycles. The predicted octanol–water partition coefficient (Wildman–Crippen LogP) is 3.89. The number of ether oxygens (including phenoxy) is 2. The topological polar surface area (TPSA) is 64.6 Å². The van der Waals surface area contributed by atoms with E-state index in [1.54, 1.807) is 0 Å². The first kappa shape index (κ1) is 19.2. The number of rotatable bonds is 6. The Morgan fingerprint density at radius 2 is 1.89 bits per heavy atom. The number of amides is 1. The van der Waals surface area contributed by atoms with Crippen molar-refractivity contribution in [3.8, 4) is 11.5 Å². The molecule has 1 aromatic carbocycles. The normalized spacial score (nSPS) is 31.4. The standard InChI is InChI=1S/C22H28FNO4/c1-27-20-11-18(23)21(28-16-6-3-13(12-25)4-7-16)10-17(20)22(26)24-19-9-14-2-5-15(19)8-14/h10-16,19H,2-9H2,1H3,(H,24,26)/t13-,14-,15+,16+,19+/m1/s1. The van der Waals surface area contributed by atoms with Crippen LogP contribution in [-0.2, 0) is 4.79 Å². The van der Waals surface area contributed by atoms with Crippen LogP contribution in [-0.4, -0.2) is 31.4 Å². The van der Waals surface area contributed by atoms with Gasteiger partial charge in [-0.2, -0.15) is 0 Å². The zero-order valence-electron chi connectivity index (χ0n) is 16.3. The van der Waals surface area contributed by atoms with E-state index in [1.807, 2.05) is 0 Å². The van der Waals surface area contributed by atoms with E-state index in [2.05, 4.69) is 5.32 Å². The van der Waals surface area contributed by atoms with Gasteiger partial charge in [0.2, 0.25) is 0 Å². The number of methoxy groups -OCH3 is 1. The molecule has 0 radical (unpaired) electrons. The Labute approximate surface area is 165 Å². The van der Waals surface area contributed by atoms with Gasteiger partial charge in [-0.25, -0.2) is 4.39 Å². The molecule has 2 bridgehead atoms. The second-order valence-corrected chi connectivity index (χ2v) is 8.53. The highest BCUT2D eigenvalue weighted by atomic mass is 19.1. The first-order chi connectivity index (χ1) is 13.6. The molecule has 1 N–H and O–H groups in total. The Hall–Kier alpha value is -2.11. The van der Waals surface area contributed by atoms with Gasteiger partial charge in [0.05, 0.1) is 18.8 Å². The van der Waals surface area contributed by atoms with E-state index in [4.69, 9.17) is 9.47 Å². The van der Waals surface area contributed by atoms with E-state index < -0.39 is 5.82 Å². The lowest BCUT2D eigenvalue weighted by atomic mass is 9.88. The van der Waals surface area contributed by atoms with Crippen molar-refractivity contribution in [2.75, 3.05) is 7.11 Å². The van der Waals surface area contributed by atoms with Crippen LogP contribution in [0.4, 0.5) is 4.39 Å². The number of benzene rings is 1. The molecule has 1 amide bonds. The van der Waals surface area contributed by atoms with Crippen LogP contribution in [0.25, 0.3) is 0 Å². The highest BCUT2D eigenvalue weighted by Crippen LogP contribution is 2.44. The van der Waals surface area contributed by atoms with Gasteiger partial charge in [0, 0.05) is 18.0 Å². The van der Waals surface area contributed by atoms with Crippen LogP contribution in [0.5, 0.6) is 11.5 Å². The summed E-state index contributed by atoms with van der Waals surface area (Å²) in [5, 5.41) is 3.13. The molecule has 5 nitrogen and oxygen atoms in total. The fraction of sp³-hybridized carbons (Fsp3) is 0.636. The molecule has 0 aliphatic heterocycles. The monoisotopic (exact) mass is 389 g/mol.